The number of rotatable bonds is 6. The molecule has 0 saturated heterocycles. The van der Waals surface area contributed by atoms with Gasteiger partial charge >= 0.3 is 0 Å². The quantitative estimate of drug-likeness (QED) is 0.736. The minimum Gasteiger partial charge on any atom is -0.339 e. The molecule has 0 heterocycles. The standard InChI is InChI=1S/C15H22BrNO/c1-12(2)17(11-10-16)15(18)9-8-14-6-4-13(3)5-7-14/h4-7,12H,8-11H2,1-3H3. The van der Waals surface area contributed by atoms with Gasteiger partial charge in [0.1, 0.15) is 0 Å². The average molecular weight is 312 g/mol. The molecule has 0 saturated carbocycles. The minimum atomic E-state index is 0.241. The summed E-state index contributed by atoms with van der Waals surface area (Å²) in [4.78, 5) is 14.1. The molecule has 1 aromatic rings. The lowest BCUT2D eigenvalue weighted by molar-refractivity contribution is -0.132. The Morgan fingerprint density at radius 2 is 1.89 bits per heavy atom. The number of benzene rings is 1. The van der Waals surface area contributed by atoms with Gasteiger partial charge in [-0.1, -0.05) is 45.8 Å². The number of amides is 1. The van der Waals surface area contributed by atoms with Crippen LogP contribution >= 0.6 is 15.9 Å². The van der Waals surface area contributed by atoms with Gasteiger partial charge in [0.25, 0.3) is 0 Å². The molecule has 18 heavy (non-hydrogen) atoms. The van der Waals surface area contributed by atoms with Gasteiger partial charge in [-0.3, -0.25) is 4.79 Å². The van der Waals surface area contributed by atoms with E-state index in [9.17, 15) is 4.79 Å². The van der Waals surface area contributed by atoms with Crippen molar-refractivity contribution in [1.29, 1.82) is 0 Å². The molecule has 2 nitrogen and oxygen atoms in total. The third-order valence-electron chi connectivity index (χ3n) is 3.02. The van der Waals surface area contributed by atoms with Crippen LogP contribution in [0.15, 0.2) is 24.3 Å². The van der Waals surface area contributed by atoms with Crippen molar-refractivity contribution >= 4 is 21.8 Å². The van der Waals surface area contributed by atoms with Crippen molar-refractivity contribution in [2.24, 2.45) is 0 Å². The van der Waals surface area contributed by atoms with Gasteiger partial charge in [-0.2, -0.15) is 0 Å². The van der Waals surface area contributed by atoms with Crippen LogP contribution < -0.4 is 0 Å². The highest BCUT2D eigenvalue weighted by molar-refractivity contribution is 9.09. The van der Waals surface area contributed by atoms with Crippen molar-refractivity contribution in [3.63, 3.8) is 0 Å². The maximum absolute atomic E-state index is 12.1. The van der Waals surface area contributed by atoms with E-state index >= 15 is 0 Å². The molecule has 0 spiro atoms. The van der Waals surface area contributed by atoms with E-state index in [4.69, 9.17) is 0 Å². The van der Waals surface area contributed by atoms with E-state index in [0.717, 1.165) is 18.3 Å². The highest BCUT2D eigenvalue weighted by Gasteiger charge is 2.15. The fourth-order valence-corrected chi connectivity index (χ4v) is 2.29. The second-order valence-corrected chi connectivity index (χ2v) is 5.65. The molecule has 1 aromatic carbocycles. The van der Waals surface area contributed by atoms with Crippen LogP contribution in [0.1, 0.15) is 31.4 Å². The first kappa shape index (κ1) is 15.2. The fourth-order valence-electron chi connectivity index (χ4n) is 1.91. The van der Waals surface area contributed by atoms with Crippen LogP contribution in [0.4, 0.5) is 0 Å². The van der Waals surface area contributed by atoms with E-state index in [1.165, 1.54) is 11.1 Å². The van der Waals surface area contributed by atoms with Gasteiger partial charge in [0, 0.05) is 24.3 Å². The van der Waals surface area contributed by atoms with Crippen LogP contribution in [0.2, 0.25) is 0 Å². The number of hydrogen-bond acceptors (Lipinski definition) is 1. The second kappa shape index (κ2) is 7.57. The highest BCUT2D eigenvalue weighted by atomic mass is 79.9. The first-order chi connectivity index (χ1) is 8.54. The zero-order valence-corrected chi connectivity index (χ0v) is 13.0. The van der Waals surface area contributed by atoms with E-state index < -0.39 is 0 Å². The summed E-state index contributed by atoms with van der Waals surface area (Å²) in [6.45, 7) is 6.98. The fraction of sp³-hybridized carbons (Fsp3) is 0.533. The average Bonchev–Trinajstić information content (AvgIpc) is 2.34. The molecular formula is C15H22BrNO. The third-order valence-corrected chi connectivity index (χ3v) is 3.37. The Hall–Kier alpha value is -0.830. The third kappa shape index (κ3) is 4.81. The molecule has 1 amide bonds. The Balaban J connectivity index is 2.51. The highest BCUT2D eigenvalue weighted by Crippen LogP contribution is 2.09. The Morgan fingerprint density at radius 3 is 2.39 bits per heavy atom. The summed E-state index contributed by atoms with van der Waals surface area (Å²) in [6, 6.07) is 8.67. The van der Waals surface area contributed by atoms with Crippen molar-refractivity contribution in [2.75, 3.05) is 11.9 Å². The largest absolute Gasteiger partial charge is 0.339 e. The maximum Gasteiger partial charge on any atom is 0.223 e. The molecule has 0 bridgehead atoms. The molecule has 0 fully saturated rings. The summed E-state index contributed by atoms with van der Waals surface area (Å²) >= 11 is 3.40. The van der Waals surface area contributed by atoms with Gasteiger partial charge in [-0.25, -0.2) is 0 Å². The zero-order valence-electron chi connectivity index (χ0n) is 11.4. The molecule has 0 atom stereocenters. The Labute approximate surface area is 119 Å². The normalized spacial score (nSPS) is 10.7. The monoisotopic (exact) mass is 311 g/mol. The molecular weight excluding hydrogens is 290 g/mol. The Kier molecular flexibility index (Phi) is 6.41. The first-order valence-electron chi connectivity index (χ1n) is 6.45. The van der Waals surface area contributed by atoms with Crippen LogP contribution in [-0.4, -0.2) is 28.7 Å². The van der Waals surface area contributed by atoms with Gasteiger partial charge in [-0.05, 0) is 32.8 Å². The van der Waals surface area contributed by atoms with Crippen LogP contribution in [0.5, 0.6) is 0 Å². The molecule has 0 N–H and O–H groups in total. The molecule has 1 rings (SSSR count). The molecule has 0 aromatic heterocycles. The summed E-state index contributed by atoms with van der Waals surface area (Å²) in [5, 5.41) is 0.835. The first-order valence-corrected chi connectivity index (χ1v) is 7.57. The lowest BCUT2D eigenvalue weighted by Crippen LogP contribution is -2.38. The zero-order chi connectivity index (χ0) is 13.5. The SMILES string of the molecule is Cc1ccc(CCC(=O)N(CCBr)C(C)C)cc1. The number of nitrogens with zero attached hydrogens (tertiary/aromatic N) is 1. The van der Waals surface area contributed by atoms with Crippen molar-refractivity contribution in [3.05, 3.63) is 35.4 Å². The van der Waals surface area contributed by atoms with E-state index in [1.807, 2.05) is 4.90 Å². The molecule has 0 aliphatic rings. The number of halogens is 1. The molecule has 0 unspecified atom stereocenters. The van der Waals surface area contributed by atoms with Crippen molar-refractivity contribution in [3.8, 4) is 0 Å². The predicted octanol–water partition coefficient (Wildman–Crippen LogP) is 3.56. The van der Waals surface area contributed by atoms with Gasteiger partial charge in [0.2, 0.25) is 5.91 Å². The topological polar surface area (TPSA) is 20.3 Å². The van der Waals surface area contributed by atoms with Gasteiger partial charge < -0.3 is 4.90 Å². The van der Waals surface area contributed by atoms with Crippen molar-refractivity contribution in [2.45, 2.75) is 39.7 Å². The minimum absolute atomic E-state index is 0.241. The van der Waals surface area contributed by atoms with E-state index in [2.05, 4.69) is 61.0 Å². The maximum atomic E-state index is 12.1. The van der Waals surface area contributed by atoms with Gasteiger partial charge in [-0.15, -0.1) is 0 Å². The van der Waals surface area contributed by atoms with Crippen LogP contribution in [0.25, 0.3) is 0 Å². The summed E-state index contributed by atoms with van der Waals surface area (Å²) in [6.07, 6.45) is 1.42. The van der Waals surface area contributed by atoms with E-state index in [1.54, 1.807) is 0 Å². The van der Waals surface area contributed by atoms with Crippen LogP contribution in [-0.2, 0) is 11.2 Å². The number of hydrogen-bond donors (Lipinski definition) is 0. The molecule has 3 heteroatoms. The van der Waals surface area contributed by atoms with E-state index in [0.29, 0.717) is 6.42 Å². The molecule has 0 aliphatic heterocycles. The van der Waals surface area contributed by atoms with Gasteiger partial charge in [0.05, 0.1) is 0 Å². The number of carbonyl (C=O) groups excluding carboxylic acids is 1. The molecule has 0 aliphatic carbocycles. The summed E-state index contributed by atoms with van der Waals surface area (Å²) in [7, 11) is 0. The van der Waals surface area contributed by atoms with Crippen molar-refractivity contribution < 1.29 is 4.79 Å². The summed E-state index contributed by atoms with van der Waals surface area (Å²) in [5.74, 6) is 0.241. The number of carbonyl (C=O) groups is 1. The molecule has 100 valence electrons. The van der Waals surface area contributed by atoms with E-state index in [-0.39, 0.29) is 11.9 Å². The van der Waals surface area contributed by atoms with Crippen molar-refractivity contribution in [1.82, 2.24) is 4.90 Å². The molecule has 0 radical (unpaired) electrons. The number of alkyl halides is 1. The summed E-state index contributed by atoms with van der Waals surface area (Å²) < 4.78 is 0. The second-order valence-electron chi connectivity index (χ2n) is 4.86. The smallest absolute Gasteiger partial charge is 0.223 e. The lowest BCUT2D eigenvalue weighted by atomic mass is 10.1. The van der Waals surface area contributed by atoms with Crippen LogP contribution in [0.3, 0.4) is 0 Å². The van der Waals surface area contributed by atoms with Gasteiger partial charge in [0.15, 0.2) is 0 Å². The van der Waals surface area contributed by atoms with Crippen LogP contribution in [0, 0.1) is 6.92 Å². The summed E-state index contributed by atoms with van der Waals surface area (Å²) in [5.41, 5.74) is 2.49. The predicted molar refractivity (Wildman–Crippen MR) is 80.1 cm³/mol. The Bertz CT molecular complexity index is 373. The Morgan fingerprint density at radius 1 is 1.28 bits per heavy atom. The lowest BCUT2D eigenvalue weighted by Gasteiger charge is -2.26. The number of aryl methyl sites for hydroxylation is 2.